The first kappa shape index (κ1) is 10.0. The molecule has 0 atom stereocenters. The highest BCUT2D eigenvalue weighted by molar-refractivity contribution is 4.62. The van der Waals surface area contributed by atoms with Gasteiger partial charge in [0.2, 0.25) is 0 Å². The zero-order valence-electron chi connectivity index (χ0n) is 8.39. The SMILES string of the molecule is C[NH2+]CCCN1CCCCCC1. The molecule has 1 heterocycles. The summed E-state index contributed by atoms with van der Waals surface area (Å²) in [6.07, 6.45) is 7.12. The Morgan fingerprint density at radius 3 is 2.33 bits per heavy atom. The second-order valence-corrected chi connectivity index (χ2v) is 3.81. The minimum Gasteiger partial charge on any atom is -0.349 e. The van der Waals surface area contributed by atoms with Crippen LogP contribution in [-0.4, -0.2) is 38.1 Å². The summed E-state index contributed by atoms with van der Waals surface area (Å²) in [7, 11) is 2.16. The Bertz CT molecular complexity index is 96.0. The van der Waals surface area contributed by atoms with Gasteiger partial charge in [-0.3, -0.25) is 0 Å². The van der Waals surface area contributed by atoms with Gasteiger partial charge in [-0.05, 0) is 25.9 Å². The number of hydrogen-bond acceptors (Lipinski definition) is 1. The standard InChI is InChI=1S/C10H22N2/c1-11-7-6-10-12-8-4-2-3-5-9-12/h11H,2-10H2,1H3/p+1. The Morgan fingerprint density at radius 1 is 1.08 bits per heavy atom. The molecular weight excluding hydrogens is 148 g/mol. The van der Waals surface area contributed by atoms with Crippen molar-refractivity contribution in [2.24, 2.45) is 0 Å². The van der Waals surface area contributed by atoms with Gasteiger partial charge in [-0.15, -0.1) is 0 Å². The van der Waals surface area contributed by atoms with E-state index < -0.39 is 0 Å². The van der Waals surface area contributed by atoms with E-state index in [2.05, 4.69) is 17.3 Å². The van der Waals surface area contributed by atoms with Crippen LogP contribution in [0.15, 0.2) is 0 Å². The van der Waals surface area contributed by atoms with Crippen LogP contribution in [0.3, 0.4) is 0 Å². The molecule has 1 saturated heterocycles. The number of quaternary nitrogens is 1. The van der Waals surface area contributed by atoms with E-state index in [1.54, 1.807) is 0 Å². The van der Waals surface area contributed by atoms with Crippen LogP contribution in [0.4, 0.5) is 0 Å². The van der Waals surface area contributed by atoms with Crippen LogP contribution in [0.5, 0.6) is 0 Å². The lowest BCUT2D eigenvalue weighted by molar-refractivity contribution is -0.627. The lowest BCUT2D eigenvalue weighted by Crippen LogP contribution is -2.79. The molecular formula is C10H23N2+. The topological polar surface area (TPSA) is 19.9 Å². The Hall–Kier alpha value is -0.0800. The molecule has 72 valence electrons. The summed E-state index contributed by atoms with van der Waals surface area (Å²) in [6.45, 7) is 5.31. The van der Waals surface area contributed by atoms with Crippen LogP contribution >= 0.6 is 0 Å². The van der Waals surface area contributed by atoms with E-state index in [9.17, 15) is 0 Å². The molecule has 0 aromatic rings. The van der Waals surface area contributed by atoms with Gasteiger partial charge in [0.1, 0.15) is 0 Å². The molecule has 12 heavy (non-hydrogen) atoms. The van der Waals surface area contributed by atoms with Gasteiger partial charge in [-0.25, -0.2) is 0 Å². The van der Waals surface area contributed by atoms with Crippen LogP contribution in [0.2, 0.25) is 0 Å². The van der Waals surface area contributed by atoms with Gasteiger partial charge in [0.05, 0.1) is 13.6 Å². The maximum Gasteiger partial charge on any atom is 0.0765 e. The van der Waals surface area contributed by atoms with Crippen LogP contribution in [-0.2, 0) is 0 Å². The molecule has 1 aliphatic rings. The van der Waals surface area contributed by atoms with Crippen LogP contribution in [0.1, 0.15) is 32.1 Å². The van der Waals surface area contributed by atoms with E-state index in [4.69, 9.17) is 0 Å². The van der Waals surface area contributed by atoms with E-state index in [0.717, 1.165) is 0 Å². The molecule has 0 spiro atoms. The lowest BCUT2D eigenvalue weighted by atomic mass is 10.2. The van der Waals surface area contributed by atoms with Crippen LogP contribution in [0, 0.1) is 0 Å². The average Bonchev–Trinajstić information content (AvgIpc) is 2.33. The third-order valence-corrected chi connectivity index (χ3v) is 2.67. The zero-order valence-corrected chi connectivity index (χ0v) is 8.39. The smallest absolute Gasteiger partial charge is 0.0765 e. The summed E-state index contributed by atoms with van der Waals surface area (Å²) in [5.41, 5.74) is 0. The van der Waals surface area contributed by atoms with E-state index in [0.29, 0.717) is 0 Å². The maximum absolute atomic E-state index is 2.64. The van der Waals surface area contributed by atoms with Crippen molar-refractivity contribution in [3.63, 3.8) is 0 Å². The normalized spacial score (nSPS) is 20.8. The molecule has 0 amide bonds. The molecule has 0 aliphatic carbocycles. The van der Waals surface area contributed by atoms with Gasteiger partial charge in [0.15, 0.2) is 0 Å². The van der Waals surface area contributed by atoms with Crippen molar-refractivity contribution in [3.05, 3.63) is 0 Å². The minimum atomic E-state index is 1.29. The van der Waals surface area contributed by atoms with Gasteiger partial charge in [0.25, 0.3) is 0 Å². The molecule has 1 rings (SSSR count). The van der Waals surface area contributed by atoms with Gasteiger partial charge >= 0.3 is 0 Å². The van der Waals surface area contributed by atoms with Crippen molar-refractivity contribution in [2.75, 3.05) is 33.2 Å². The molecule has 0 radical (unpaired) electrons. The van der Waals surface area contributed by atoms with Crippen molar-refractivity contribution in [1.29, 1.82) is 0 Å². The van der Waals surface area contributed by atoms with E-state index >= 15 is 0 Å². The largest absolute Gasteiger partial charge is 0.349 e. The molecule has 2 N–H and O–H groups in total. The second kappa shape index (κ2) is 6.44. The summed E-state index contributed by atoms with van der Waals surface area (Å²) in [5.74, 6) is 0. The Balaban J connectivity index is 2.04. The number of nitrogens with zero attached hydrogens (tertiary/aromatic N) is 1. The highest BCUT2D eigenvalue weighted by Gasteiger charge is 2.07. The minimum absolute atomic E-state index is 1.29. The first-order chi connectivity index (χ1) is 5.93. The predicted molar refractivity (Wildman–Crippen MR) is 52.2 cm³/mol. The van der Waals surface area contributed by atoms with Crippen molar-refractivity contribution in [1.82, 2.24) is 4.90 Å². The number of likely N-dealkylation sites (tertiary alicyclic amines) is 1. The second-order valence-electron chi connectivity index (χ2n) is 3.81. The van der Waals surface area contributed by atoms with Crippen LogP contribution in [0.25, 0.3) is 0 Å². The number of nitrogens with two attached hydrogens (primary N) is 1. The summed E-state index contributed by atoms with van der Waals surface area (Å²) in [5, 5.41) is 2.28. The Kier molecular flexibility index (Phi) is 5.37. The van der Waals surface area contributed by atoms with Crippen LogP contribution < -0.4 is 5.32 Å². The molecule has 1 fully saturated rings. The van der Waals surface area contributed by atoms with E-state index in [1.165, 1.54) is 58.3 Å². The van der Waals surface area contributed by atoms with Crippen molar-refractivity contribution < 1.29 is 5.32 Å². The fourth-order valence-corrected chi connectivity index (χ4v) is 1.88. The number of rotatable bonds is 4. The molecule has 0 bridgehead atoms. The molecule has 0 aromatic heterocycles. The molecule has 2 nitrogen and oxygen atoms in total. The first-order valence-corrected chi connectivity index (χ1v) is 5.43. The summed E-state index contributed by atoms with van der Waals surface area (Å²) in [6, 6.07) is 0. The molecule has 0 unspecified atom stereocenters. The third kappa shape index (κ3) is 4.07. The molecule has 1 aliphatic heterocycles. The highest BCUT2D eigenvalue weighted by atomic mass is 15.1. The van der Waals surface area contributed by atoms with E-state index in [-0.39, 0.29) is 0 Å². The first-order valence-electron chi connectivity index (χ1n) is 5.43. The zero-order chi connectivity index (χ0) is 8.65. The Labute approximate surface area is 76.3 Å². The summed E-state index contributed by atoms with van der Waals surface area (Å²) in [4.78, 5) is 2.64. The van der Waals surface area contributed by atoms with Gasteiger partial charge in [-0.2, -0.15) is 0 Å². The third-order valence-electron chi connectivity index (χ3n) is 2.67. The predicted octanol–water partition coefficient (Wildman–Crippen LogP) is 0.446. The molecule has 0 aromatic carbocycles. The molecule has 0 saturated carbocycles. The van der Waals surface area contributed by atoms with Gasteiger partial charge in [-0.1, -0.05) is 12.8 Å². The van der Waals surface area contributed by atoms with Crippen molar-refractivity contribution in [3.8, 4) is 0 Å². The fourth-order valence-electron chi connectivity index (χ4n) is 1.88. The van der Waals surface area contributed by atoms with Gasteiger partial charge in [0, 0.05) is 13.0 Å². The maximum atomic E-state index is 2.64. The number of hydrogen-bond donors (Lipinski definition) is 1. The summed E-state index contributed by atoms with van der Waals surface area (Å²) >= 11 is 0. The van der Waals surface area contributed by atoms with Crippen molar-refractivity contribution >= 4 is 0 Å². The van der Waals surface area contributed by atoms with E-state index in [1.807, 2.05) is 0 Å². The molecule has 2 heteroatoms. The lowest BCUT2D eigenvalue weighted by Gasteiger charge is -2.18. The Morgan fingerprint density at radius 2 is 1.75 bits per heavy atom. The van der Waals surface area contributed by atoms with Gasteiger partial charge < -0.3 is 10.2 Å². The van der Waals surface area contributed by atoms with Crippen molar-refractivity contribution in [2.45, 2.75) is 32.1 Å². The summed E-state index contributed by atoms with van der Waals surface area (Å²) < 4.78 is 0. The highest BCUT2D eigenvalue weighted by Crippen LogP contribution is 2.09. The fraction of sp³-hybridized carbons (Fsp3) is 1.00. The monoisotopic (exact) mass is 171 g/mol. The average molecular weight is 171 g/mol. The quantitative estimate of drug-likeness (QED) is 0.609.